The van der Waals surface area contributed by atoms with Crippen LogP contribution in [0, 0.1) is 0 Å². The first-order valence-corrected chi connectivity index (χ1v) is 8.93. The van der Waals surface area contributed by atoms with E-state index in [1.54, 1.807) is 23.9 Å². The molecule has 100 valence electrons. The first kappa shape index (κ1) is 13.7. The van der Waals surface area contributed by atoms with Crippen LogP contribution in [0.2, 0.25) is 0 Å². The Balaban J connectivity index is 2.00. The Hall–Kier alpha value is -0.680. The zero-order valence-corrected chi connectivity index (χ0v) is 12.0. The third-order valence-electron chi connectivity index (χ3n) is 3.32. The van der Waals surface area contributed by atoms with Crippen LogP contribution in [0.1, 0.15) is 25.7 Å². The van der Waals surface area contributed by atoms with Crippen molar-refractivity contribution in [1.29, 1.82) is 0 Å². The van der Waals surface area contributed by atoms with Crippen LogP contribution in [-0.4, -0.2) is 30.3 Å². The van der Waals surface area contributed by atoms with Crippen molar-refractivity contribution in [2.45, 2.75) is 41.1 Å². The van der Waals surface area contributed by atoms with E-state index in [-0.39, 0.29) is 11.0 Å². The largest absolute Gasteiger partial charge is 0.508 e. The molecule has 0 heterocycles. The molecule has 2 unspecified atom stereocenters. The molecule has 0 radical (unpaired) electrons. The highest BCUT2D eigenvalue weighted by molar-refractivity contribution is 8.00. The molecule has 1 saturated carbocycles. The first-order chi connectivity index (χ1) is 8.45. The smallest absolute Gasteiger partial charge is 0.150 e. The molecule has 1 aliphatic rings. The molecular formula is C13H18O3S2. The van der Waals surface area contributed by atoms with Gasteiger partial charge in [0, 0.05) is 16.4 Å². The molecule has 2 rings (SSSR count). The van der Waals surface area contributed by atoms with Gasteiger partial charge in [-0.15, -0.1) is 11.8 Å². The normalized spacial score (nSPS) is 24.9. The lowest BCUT2D eigenvalue weighted by Crippen LogP contribution is -2.28. The number of benzene rings is 1. The topological polar surface area (TPSA) is 54.4 Å². The van der Waals surface area contributed by atoms with Crippen LogP contribution >= 0.6 is 11.8 Å². The summed E-state index contributed by atoms with van der Waals surface area (Å²) in [5.41, 5.74) is 0. The molecule has 1 N–H and O–H groups in total. The number of aromatic hydroxyl groups is 1. The van der Waals surface area contributed by atoms with Gasteiger partial charge in [-0.05, 0) is 43.5 Å². The molecule has 0 bridgehead atoms. The van der Waals surface area contributed by atoms with Gasteiger partial charge in [-0.3, -0.25) is 0 Å². The molecular weight excluding hydrogens is 268 g/mol. The average Bonchev–Trinajstić information content (AvgIpc) is 2.31. The molecule has 1 aromatic carbocycles. The van der Waals surface area contributed by atoms with E-state index in [0.717, 1.165) is 30.6 Å². The van der Waals surface area contributed by atoms with Crippen LogP contribution in [0.5, 0.6) is 5.75 Å². The minimum absolute atomic E-state index is 0.180. The van der Waals surface area contributed by atoms with Crippen LogP contribution in [-0.2, 0) is 9.84 Å². The van der Waals surface area contributed by atoms with E-state index in [1.807, 2.05) is 12.1 Å². The van der Waals surface area contributed by atoms with Gasteiger partial charge in [0.05, 0.1) is 5.25 Å². The summed E-state index contributed by atoms with van der Waals surface area (Å²) in [4.78, 5) is 1.09. The van der Waals surface area contributed by atoms with Crippen LogP contribution in [0.25, 0.3) is 0 Å². The zero-order chi connectivity index (χ0) is 13.2. The van der Waals surface area contributed by atoms with Crippen LogP contribution in [0.15, 0.2) is 29.2 Å². The number of thioether (sulfide) groups is 1. The highest BCUT2D eigenvalue weighted by atomic mass is 32.2. The summed E-state index contributed by atoms with van der Waals surface area (Å²) >= 11 is 1.72. The minimum Gasteiger partial charge on any atom is -0.508 e. The summed E-state index contributed by atoms with van der Waals surface area (Å²) in [6.07, 6.45) is 4.92. The van der Waals surface area contributed by atoms with Gasteiger partial charge in [0.15, 0.2) is 0 Å². The maximum Gasteiger partial charge on any atom is 0.150 e. The maximum absolute atomic E-state index is 11.6. The van der Waals surface area contributed by atoms with Crippen LogP contribution < -0.4 is 0 Å². The Morgan fingerprint density at radius 1 is 1.22 bits per heavy atom. The Morgan fingerprint density at radius 3 is 2.50 bits per heavy atom. The van der Waals surface area contributed by atoms with Crippen molar-refractivity contribution in [3.8, 4) is 5.75 Å². The summed E-state index contributed by atoms with van der Waals surface area (Å²) in [6.45, 7) is 0. The van der Waals surface area contributed by atoms with Gasteiger partial charge in [0.2, 0.25) is 0 Å². The Labute approximate surface area is 113 Å². The lowest BCUT2D eigenvalue weighted by Gasteiger charge is -2.27. The quantitative estimate of drug-likeness (QED) is 0.928. The van der Waals surface area contributed by atoms with Crippen molar-refractivity contribution in [3.63, 3.8) is 0 Å². The molecule has 1 aliphatic carbocycles. The van der Waals surface area contributed by atoms with E-state index in [9.17, 15) is 13.5 Å². The van der Waals surface area contributed by atoms with E-state index in [0.29, 0.717) is 5.25 Å². The van der Waals surface area contributed by atoms with Crippen molar-refractivity contribution in [2.24, 2.45) is 0 Å². The first-order valence-electron chi connectivity index (χ1n) is 6.10. The van der Waals surface area contributed by atoms with Crippen LogP contribution in [0.3, 0.4) is 0 Å². The van der Waals surface area contributed by atoms with Crippen molar-refractivity contribution >= 4 is 21.6 Å². The van der Waals surface area contributed by atoms with Crippen molar-refractivity contribution in [1.82, 2.24) is 0 Å². The fourth-order valence-corrected chi connectivity index (χ4v) is 4.90. The number of rotatable bonds is 3. The molecule has 3 nitrogen and oxygen atoms in total. The van der Waals surface area contributed by atoms with Crippen LogP contribution in [0.4, 0.5) is 0 Å². The molecule has 0 amide bonds. The Morgan fingerprint density at radius 2 is 1.89 bits per heavy atom. The standard InChI is InChI=1S/C13H18O3S2/c1-18(15,16)13-4-2-3-12(9-13)17-11-7-5-10(14)6-8-11/h5-8,12-14H,2-4,9H2,1H3. The number of hydrogen-bond donors (Lipinski definition) is 1. The molecule has 5 heteroatoms. The molecule has 0 aliphatic heterocycles. The third-order valence-corrected chi connectivity index (χ3v) is 6.27. The summed E-state index contributed by atoms with van der Waals surface area (Å²) < 4.78 is 23.2. The summed E-state index contributed by atoms with van der Waals surface area (Å²) in [6, 6.07) is 7.09. The van der Waals surface area contributed by atoms with Gasteiger partial charge in [-0.1, -0.05) is 6.42 Å². The van der Waals surface area contributed by atoms with Gasteiger partial charge < -0.3 is 5.11 Å². The molecule has 0 aromatic heterocycles. The average molecular weight is 286 g/mol. The molecule has 18 heavy (non-hydrogen) atoms. The van der Waals surface area contributed by atoms with E-state index in [2.05, 4.69) is 0 Å². The molecule has 1 aromatic rings. The predicted octanol–water partition coefficient (Wildman–Crippen LogP) is 2.84. The number of hydrogen-bond acceptors (Lipinski definition) is 4. The molecule has 0 spiro atoms. The number of sulfone groups is 1. The maximum atomic E-state index is 11.6. The zero-order valence-electron chi connectivity index (χ0n) is 10.4. The van der Waals surface area contributed by atoms with Gasteiger partial charge in [-0.25, -0.2) is 8.42 Å². The van der Waals surface area contributed by atoms with E-state index < -0.39 is 9.84 Å². The molecule has 2 atom stereocenters. The van der Waals surface area contributed by atoms with Gasteiger partial charge in [-0.2, -0.15) is 0 Å². The van der Waals surface area contributed by atoms with E-state index in [4.69, 9.17) is 0 Å². The SMILES string of the molecule is CS(=O)(=O)C1CCCC(Sc2ccc(O)cc2)C1. The highest BCUT2D eigenvalue weighted by Gasteiger charge is 2.29. The summed E-state index contributed by atoms with van der Waals surface area (Å²) in [5, 5.41) is 9.41. The number of phenolic OH excluding ortho intramolecular Hbond substituents is 1. The summed E-state index contributed by atoms with van der Waals surface area (Å²) in [5.74, 6) is 0.261. The predicted molar refractivity (Wildman–Crippen MR) is 74.9 cm³/mol. The van der Waals surface area contributed by atoms with Crippen molar-refractivity contribution in [2.75, 3.05) is 6.26 Å². The van der Waals surface area contributed by atoms with E-state index in [1.165, 1.54) is 6.26 Å². The second kappa shape index (κ2) is 5.53. The third kappa shape index (κ3) is 3.65. The fourth-order valence-electron chi connectivity index (χ4n) is 2.32. The fraction of sp³-hybridized carbons (Fsp3) is 0.538. The Bertz CT molecular complexity index is 493. The lowest BCUT2D eigenvalue weighted by atomic mass is 10.00. The highest BCUT2D eigenvalue weighted by Crippen LogP contribution is 2.36. The van der Waals surface area contributed by atoms with Gasteiger partial charge >= 0.3 is 0 Å². The van der Waals surface area contributed by atoms with Crippen molar-refractivity contribution < 1.29 is 13.5 Å². The second-order valence-electron chi connectivity index (χ2n) is 4.85. The van der Waals surface area contributed by atoms with Crippen molar-refractivity contribution in [3.05, 3.63) is 24.3 Å². The van der Waals surface area contributed by atoms with Gasteiger partial charge in [0.25, 0.3) is 0 Å². The van der Waals surface area contributed by atoms with E-state index >= 15 is 0 Å². The second-order valence-corrected chi connectivity index (χ2v) is 8.55. The summed E-state index contributed by atoms with van der Waals surface area (Å²) in [7, 11) is -2.91. The number of phenols is 1. The Kier molecular flexibility index (Phi) is 4.22. The minimum atomic E-state index is -2.91. The lowest BCUT2D eigenvalue weighted by molar-refractivity contribution is 0.475. The molecule has 1 fully saturated rings. The van der Waals surface area contributed by atoms with Gasteiger partial charge in [0.1, 0.15) is 15.6 Å². The molecule has 0 saturated heterocycles. The monoisotopic (exact) mass is 286 g/mol.